The highest BCUT2D eigenvalue weighted by Crippen LogP contribution is 2.36. The molecule has 0 rings (SSSR count). The normalized spacial score (nSPS) is 16.2. The molecule has 0 aliphatic rings. The van der Waals surface area contributed by atoms with Crippen LogP contribution < -0.4 is 0 Å². The fourth-order valence-electron chi connectivity index (χ4n) is 1.04. The molecule has 74 valence electrons. The van der Waals surface area contributed by atoms with Crippen LogP contribution in [0.2, 0.25) is 0 Å². The summed E-state index contributed by atoms with van der Waals surface area (Å²) < 4.78 is 0. The molecule has 1 heteroatoms. The number of rotatable bonds is 3. The molecule has 1 atom stereocenters. The predicted molar refractivity (Wildman–Crippen MR) is 57.8 cm³/mol. The first-order valence-electron chi connectivity index (χ1n) is 4.83. The third-order valence-electron chi connectivity index (χ3n) is 2.55. The zero-order valence-electron chi connectivity index (χ0n) is 9.37. The Hall–Kier alpha value is 0.290. The van der Waals surface area contributed by atoms with E-state index < -0.39 is 0 Å². The van der Waals surface area contributed by atoms with Crippen LogP contribution >= 0.6 is 11.6 Å². The molecule has 12 heavy (non-hydrogen) atoms. The van der Waals surface area contributed by atoms with Gasteiger partial charge in [0.25, 0.3) is 0 Å². The summed E-state index contributed by atoms with van der Waals surface area (Å²) in [6, 6.07) is 0. The van der Waals surface area contributed by atoms with Gasteiger partial charge < -0.3 is 0 Å². The van der Waals surface area contributed by atoms with Crippen molar-refractivity contribution < 1.29 is 0 Å². The second kappa shape index (κ2) is 4.00. The highest BCUT2D eigenvalue weighted by Gasteiger charge is 2.29. The molecule has 0 radical (unpaired) electrons. The van der Waals surface area contributed by atoms with Gasteiger partial charge in [-0.05, 0) is 23.7 Å². The molecule has 0 amide bonds. The van der Waals surface area contributed by atoms with Gasteiger partial charge in [-0.2, -0.15) is 0 Å². The summed E-state index contributed by atoms with van der Waals surface area (Å²) in [5, 5.41) is 0.294. The summed E-state index contributed by atoms with van der Waals surface area (Å²) in [4.78, 5) is 0. The summed E-state index contributed by atoms with van der Waals surface area (Å²) in [6.45, 7) is 13.4. The molecule has 0 saturated heterocycles. The Kier molecular flexibility index (Phi) is 4.10. The van der Waals surface area contributed by atoms with E-state index in [2.05, 4.69) is 41.5 Å². The van der Waals surface area contributed by atoms with Crippen LogP contribution in [0.25, 0.3) is 0 Å². The largest absolute Gasteiger partial charge is 0.122 e. The summed E-state index contributed by atoms with van der Waals surface area (Å²) in [7, 11) is 0. The van der Waals surface area contributed by atoms with E-state index in [1.807, 2.05) is 0 Å². The molecule has 0 bridgehead atoms. The van der Waals surface area contributed by atoms with Crippen LogP contribution in [0.3, 0.4) is 0 Å². The van der Waals surface area contributed by atoms with E-state index in [0.717, 1.165) is 12.8 Å². The van der Waals surface area contributed by atoms with Crippen LogP contribution in [0.1, 0.15) is 54.4 Å². The summed E-state index contributed by atoms with van der Waals surface area (Å²) >= 11 is 6.36. The molecule has 0 aromatic heterocycles. The maximum atomic E-state index is 6.36. The van der Waals surface area contributed by atoms with Crippen molar-refractivity contribution in [3.8, 4) is 0 Å². The van der Waals surface area contributed by atoms with E-state index in [9.17, 15) is 0 Å². The minimum Gasteiger partial charge on any atom is -0.122 e. The standard InChI is InChI=1S/C11H23Cl/c1-7-11(5,6)9(12)8-10(2,3)4/h9H,7-8H2,1-6H3. The summed E-state index contributed by atoms with van der Waals surface area (Å²) in [5.41, 5.74) is 0.619. The van der Waals surface area contributed by atoms with Crippen molar-refractivity contribution in [2.45, 2.75) is 59.8 Å². The van der Waals surface area contributed by atoms with Crippen LogP contribution in [-0.2, 0) is 0 Å². The molecule has 0 N–H and O–H groups in total. The lowest BCUT2D eigenvalue weighted by Crippen LogP contribution is -2.28. The first-order chi connectivity index (χ1) is 5.19. The average Bonchev–Trinajstić information content (AvgIpc) is 1.84. The van der Waals surface area contributed by atoms with Gasteiger partial charge in [0.05, 0.1) is 0 Å². The van der Waals surface area contributed by atoms with Crippen molar-refractivity contribution in [2.24, 2.45) is 10.8 Å². The summed E-state index contributed by atoms with van der Waals surface area (Å²) in [5.74, 6) is 0. The number of alkyl halides is 1. The van der Waals surface area contributed by atoms with Gasteiger partial charge in [-0.1, -0.05) is 41.5 Å². The highest BCUT2D eigenvalue weighted by molar-refractivity contribution is 6.21. The second-order valence-corrected chi connectivity index (χ2v) is 6.10. The lowest BCUT2D eigenvalue weighted by Gasteiger charge is -2.33. The second-order valence-electron chi connectivity index (χ2n) is 5.57. The molecule has 0 aromatic rings. The Labute approximate surface area is 82.7 Å². The third-order valence-corrected chi connectivity index (χ3v) is 3.30. The van der Waals surface area contributed by atoms with Gasteiger partial charge in [0.1, 0.15) is 0 Å². The maximum Gasteiger partial charge on any atom is 0.0391 e. The third kappa shape index (κ3) is 4.35. The Morgan fingerprint density at radius 2 is 1.50 bits per heavy atom. The Bertz CT molecular complexity index is 130. The van der Waals surface area contributed by atoms with Gasteiger partial charge in [0.15, 0.2) is 0 Å². The molecular weight excluding hydrogens is 168 g/mol. The fourth-order valence-corrected chi connectivity index (χ4v) is 1.65. The first kappa shape index (κ1) is 12.3. The number of hydrogen-bond acceptors (Lipinski definition) is 0. The van der Waals surface area contributed by atoms with Crippen LogP contribution in [0, 0.1) is 10.8 Å². The van der Waals surface area contributed by atoms with Crippen LogP contribution in [-0.4, -0.2) is 5.38 Å². The van der Waals surface area contributed by atoms with Crippen LogP contribution in [0.15, 0.2) is 0 Å². The van der Waals surface area contributed by atoms with Crippen molar-refractivity contribution in [3.63, 3.8) is 0 Å². The van der Waals surface area contributed by atoms with Gasteiger partial charge >= 0.3 is 0 Å². The molecule has 0 aliphatic heterocycles. The molecule has 0 aromatic carbocycles. The molecule has 0 fully saturated rings. The highest BCUT2D eigenvalue weighted by atomic mass is 35.5. The van der Waals surface area contributed by atoms with Crippen LogP contribution in [0.5, 0.6) is 0 Å². The Balaban J connectivity index is 4.13. The molecular formula is C11H23Cl. The van der Waals surface area contributed by atoms with Gasteiger partial charge in [-0.3, -0.25) is 0 Å². The minimum absolute atomic E-state index is 0.273. The van der Waals surface area contributed by atoms with E-state index in [1.165, 1.54) is 0 Å². The van der Waals surface area contributed by atoms with E-state index in [1.54, 1.807) is 0 Å². The zero-order valence-corrected chi connectivity index (χ0v) is 10.1. The van der Waals surface area contributed by atoms with Crippen molar-refractivity contribution in [1.82, 2.24) is 0 Å². The smallest absolute Gasteiger partial charge is 0.0391 e. The minimum atomic E-state index is 0.273. The Morgan fingerprint density at radius 3 is 1.75 bits per heavy atom. The van der Waals surface area contributed by atoms with Gasteiger partial charge in [-0.15, -0.1) is 11.6 Å². The average molecular weight is 191 g/mol. The molecule has 0 aliphatic carbocycles. The SMILES string of the molecule is CCC(C)(C)C(Cl)CC(C)(C)C. The molecule has 0 spiro atoms. The molecule has 0 heterocycles. The van der Waals surface area contributed by atoms with Crippen molar-refractivity contribution in [2.75, 3.05) is 0 Å². The quantitative estimate of drug-likeness (QED) is 0.577. The lowest BCUT2D eigenvalue weighted by molar-refractivity contribution is 0.255. The molecule has 0 saturated carbocycles. The van der Waals surface area contributed by atoms with Gasteiger partial charge in [-0.25, -0.2) is 0 Å². The van der Waals surface area contributed by atoms with Crippen molar-refractivity contribution >= 4 is 11.6 Å². The van der Waals surface area contributed by atoms with E-state index in [4.69, 9.17) is 11.6 Å². The number of hydrogen-bond donors (Lipinski definition) is 0. The van der Waals surface area contributed by atoms with E-state index >= 15 is 0 Å². The lowest BCUT2D eigenvalue weighted by atomic mass is 9.78. The maximum absolute atomic E-state index is 6.36. The topological polar surface area (TPSA) is 0 Å². The predicted octanol–water partition coefficient (Wildman–Crippen LogP) is 4.47. The van der Waals surface area contributed by atoms with Crippen LogP contribution in [0.4, 0.5) is 0 Å². The monoisotopic (exact) mass is 190 g/mol. The summed E-state index contributed by atoms with van der Waals surface area (Å²) in [6.07, 6.45) is 2.24. The fraction of sp³-hybridized carbons (Fsp3) is 1.00. The number of halogens is 1. The molecule has 0 nitrogen and oxygen atoms in total. The van der Waals surface area contributed by atoms with Crippen molar-refractivity contribution in [3.05, 3.63) is 0 Å². The first-order valence-corrected chi connectivity index (χ1v) is 5.27. The molecule has 1 unspecified atom stereocenters. The van der Waals surface area contributed by atoms with E-state index in [-0.39, 0.29) is 5.41 Å². The Morgan fingerprint density at radius 1 is 1.08 bits per heavy atom. The van der Waals surface area contributed by atoms with Gasteiger partial charge in [0.2, 0.25) is 0 Å². The van der Waals surface area contributed by atoms with Gasteiger partial charge in [0, 0.05) is 5.38 Å². The zero-order chi connectivity index (χ0) is 9.99. The van der Waals surface area contributed by atoms with E-state index in [0.29, 0.717) is 10.8 Å². The van der Waals surface area contributed by atoms with Crippen molar-refractivity contribution in [1.29, 1.82) is 0 Å².